The van der Waals surface area contributed by atoms with Crippen molar-refractivity contribution in [2.45, 2.75) is 65.4 Å². The number of amides is 1. The van der Waals surface area contributed by atoms with E-state index in [1.54, 1.807) is 6.92 Å². The predicted molar refractivity (Wildman–Crippen MR) is 166 cm³/mol. The molecule has 236 valence electrons. The number of carbonyl (C=O) groups is 1. The van der Waals surface area contributed by atoms with E-state index in [1.165, 1.54) is 5.56 Å². The fourth-order valence-corrected chi connectivity index (χ4v) is 3.82. The van der Waals surface area contributed by atoms with E-state index in [1.807, 2.05) is 38.1 Å². The molecule has 1 atom stereocenters. The molecule has 0 aliphatic carbocycles. The van der Waals surface area contributed by atoms with Crippen molar-refractivity contribution in [3.63, 3.8) is 0 Å². The van der Waals surface area contributed by atoms with Gasteiger partial charge in [-0.2, -0.15) is 0 Å². The van der Waals surface area contributed by atoms with Gasteiger partial charge >= 0.3 is 0 Å². The van der Waals surface area contributed by atoms with Crippen molar-refractivity contribution in [3.8, 4) is 5.75 Å². The number of aliphatic hydroxyl groups is 3. The molecule has 1 aromatic carbocycles. The van der Waals surface area contributed by atoms with E-state index in [4.69, 9.17) is 32.2 Å². The van der Waals surface area contributed by atoms with Gasteiger partial charge in [-0.1, -0.05) is 26.0 Å². The summed E-state index contributed by atoms with van der Waals surface area (Å²) in [6, 6.07) is 7.95. The largest absolute Gasteiger partial charge is 0.492 e. The second-order valence-electron chi connectivity index (χ2n) is 9.50. The van der Waals surface area contributed by atoms with Crippen molar-refractivity contribution in [1.29, 1.82) is 0 Å². The zero-order valence-electron chi connectivity index (χ0n) is 25.3. The number of hydrogen-bond donors (Lipinski definition) is 7. The van der Waals surface area contributed by atoms with Crippen LogP contribution in [0.1, 0.15) is 67.7 Å². The summed E-state index contributed by atoms with van der Waals surface area (Å²) < 4.78 is 5.89. The van der Waals surface area contributed by atoms with Gasteiger partial charge in [0.05, 0.1) is 18.4 Å². The van der Waals surface area contributed by atoms with E-state index in [0.717, 1.165) is 44.4 Å². The maximum absolute atomic E-state index is 12.3. The number of guanidine groups is 1. The van der Waals surface area contributed by atoms with Crippen LogP contribution in [0.25, 0.3) is 0 Å². The van der Waals surface area contributed by atoms with Gasteiger partial charge in [0.15, 0.2) is 17.5 Å². The number of hydrogen-bond acceptors (Lipinski definition) is 11. The minimum atomic E-state index is -0.723. The molecule has 0 saturated heterocycles. The van der Waals surface area contributed by atoms with Crippen LogP contribution in [0.2, 0.25) is 0 Å². The van der Waals surface area contributed by atoms with Crippen LogP contribution >= 0.6 is 0 Å². The first-order valence-electron chi connectivity index (χ1n) is 14.6. The quantitative estimate of drug-likeness (QED) is 0.0744. The number of anilines is 2. The van der Waals surface area contributed by atoms with Gasteiger partial charge in [0.1, 0.15) is 18.2 Å². The van der Waals surface area contributed by atoms with Gasteiger partial charge in [0, 0.05) is 26.2 Å². The summed E-state index contributed by atoms with van der Waals surface area (Å²) in [5, 5.41) is 30.2. The van der Waals surface area contributed by atoms with E-state index in [2.05, 4.69) is 25.2 Å². The standard InChI is InChI=1S/C27H44N8O5.C2H6/c1-19-24(28)33-25(29)23(32-19)26(39)34-27(30)31-12-3-2-6-20-7-9-22(10-8-20)40-17-15-35(13-4-5-16-36)14-11-21(38)18-37;1-2/h7-10,21,36-38H,2-6,11-18H2,1H3,(H4,28,29,33)(H3,30,31,34,39);1-2H3/t21-;/m0./s1. The molecule has 0 aliphatic heterocycles. The van der Waals surface area contributed by atoms with Crippen molar-refractivity contribution < 1.29 is 24.9 Å². The van der Waals surface area contributed by atoms with Gasteiger partial charge in [-0.05, 0) is 69.7 Å². The fraction of sp³-hybridized carbons (Fsp3) is 0.586. The SMILES string of the molecule is CC.Cc1nc(C(=O)NC(N)=NCCCCc2ccc(OCCN(CCCCO)CC[C@H](O)CO)cc2)c(N)nc1N. The number of benzene rings is 1. The Bertz CT molecular complexity index is 1070. The molecule has 13 nitrogen and oxygen atoms in total. The predicted octanol–water partition coefficient (Wildman–Crippen LogP) is 1.24. The van der Waals surface area contributed by atoms with Crippen molar-refractivity contribution in [2.24, 2.45) is 10.7 Å². The molecule has 2 rings (SSSR count). The summed E-state index contributed by atoms with van der Waals surface area (Å²) in [5.41, 5.74) is 18.7. The van der Waals surface area contributed by atoms with Crippen molar-refractivity contribution in [1.82, 2.24) is 20.2 Å². The van der Waals surface area contributed by atoms with Crippen LogP contribution in [-0.4, -0.2) is 94.2 Å². The number of unbranched alkanes of at least 4 members (excludes halogenated alkanes) is 2. The molecule has 0 unspecified atom stereocenters. The van der Waals surface area contributed by atoms with Gasteiger partial charge in [-0.3, -0.25) is 20.0 Å². The third-order valence-corrected chi connectivity index (χ3v) is 6.22. The van der Waals surface area contributed by atoms with Crippen LogP contribution in [-0.2, 0) is 6.42 Å². The number of aryl methyl sites for hydroxylation is 2. The van der Waals surface area contributed by atoms with Gasteiger partial charge in [0.25, 0.3) is 5.91 Å². The molecule has 1 heterocycles. The Labute approximate surface area is 249 Å². The number of nitrogens with zero attached hydrogens (tertiary/aromatic N) is 4. The first-order valence-corrected chi connectivity index (χ1v) is 14.6. The molecule has 0 spiro atoms. The van der Waals surface area contributed by atoms with Gasteiger partial charge < -0.3 is 37.3 Å². The maximum Gasteiger partial charge on any atom is 0.280 e. The summed E-state index contributed by atoms with van der Waals surface area (Å²) in [4.78, 5) is 26.6. The second kappa shape index (κ2) is 21.2. The van der Waals surface area contributed by atoms with Crippen LogP contribution in [0.4, 0.5) is 11.6 Å². The van der Waals surface area contributed by atoms with E-state index in [-0.39, 0.29) is 36.5 Å². The molecular weight excluding hydrogens is 540 g/mol. The molecule has 0 saturated carbocycles. The molecule has 0 fully saturated rings. The number of aliphatic hydroxyl groups excluding tert-OH is 3. The molecule has 1 aromatic heterocycles. The lowest BCUT2D eigenvalue weighted by Crippen LogP contribution is -2.38. The summed E-state index contributed by atoms with van der Waals surface area (Å²) in [6.45, 7) is 8.65. The third-order valence-electron chi connectivity index (χ3n) is 6.22. The fourth-order valence-electron chi connectivity index (χ4n) is 3.82. The second-order valence-corrected chi connectivity index (χ2v) is 9.50. The molecule has 1 amide bonds. The number of rotatable bonds is 18. The van der Waals surface area contributed by atoms with Crippen molar-refractivity contribution >= 4 is 23.5 Å². The first-order chi connectivity index (χ1) is 20.2. The Morgan fingerprint density at radius 3 is 2.40 bits per heavy atom. The van der Waals surface area contributed by atoms with Crippen LogP contribution in [0.3, 0.4) is 0 Å². The number of aliphatic imine (C=N–C) groups is 1. The zero-order chi connectivity index (χ0) is 31.3. The molecule has 10 N–H and O–H groups in total. The Kier molecular flexibility index (Phi) is 18.4. The monoisotopic (exact) mass is 590 g/mol. The average Bonchev–Trinajstić information content (AvgIpc) is 2.98. The van der Waals surface area contributed by atoms with E-state index >= 15 is 0 Å². The van der Waals surface area contributed by atoms with E-state index in [0.29, 0.717) is 38.4 Å². The lowest BCUT2D eigenvalue weighted by atomic mass is 10.1. The average molecular weight is 591 g/mol. The van der Waals surface area contributed by atoms with Gasteiger partial charge in [-0.25, -0.2) is 9.97 Å². The van der Waals surface area contributed by atoms with Crippen LogP contribution in [0.5, 0.6) is 5.75 Å². The minimum Gasteiger partial charge on any atom is -0.492 e. The Morgan fingerprint density at radius 1 is 1.02 bits per heavy atom. The van der Waals surface area contributed by atoms with E-state index < -0.39 is 12.0 Å². The number of aromatic nitrogens is 2. The summed E-state index contributed by atoms with van der Waals surface area (Å²) in [6.07, 6.45) is 3.90. The smallest absolute Gasteiger partial charge is 0.280 e. The highest BCUT2D eigenvalue weighted by Gasteiger charge is 2.16. The van der Waals surface area contributed by atoms with Crippen molar-refractivity contribution in [2.75, 3.05) is 57.5 Å². The lowest BCUT2D eigenvalue weighted by molar-refractivity contribution is 0.0746. The zero-order valence-corrected chi connectivity index (χ0v) is 25.3. The highest BCUT2D eigenvalue weighted by Crippen LogP contribution is 2.15. The third kappa shape index (κ3) is 14.4. The van der Waals surface area contributed by atoms with Crippen LogP contribution in [0, 0.1) is 6.92 Å². The summed E-state index contributed by atoms with van der Waals surface area (Å²) >= 11 is 0. The summed E-state index contributed by atoms with van der Waals surface area (Å²) in [7, 11) is 0. The topological polar surface area (TPSA) is 218 Å². The van der Waals surface area contributed by atoms with Crippen molar-refractivity contribution in [3.05, 3.63) is 41.2 Å². The Hall–Kier alpha value is -3.52. The minimum absolute atomic E-state index is 0.0151. The number of nitrogens with two attached hydrogens (primary N) is 3. The van der Waals surface area contributed by atoms with Crippen LogP contribution < -0.4 is 27.3 Å². The lowest BCUT2D eigenvalue weighted by Gasteiger charge is -2.23. The highest BCUT2D eigenvalue weighted by molar-refractivity contribution is 6.06. The maximum atomic E-state index is 12.3. The molecule has 13 heteroatoms. The number of nitrogen functional groups attached to an aromatic ring is 2. The number of ether oxygens (including phenoxy) is 1. The molecule has 2 aromatic rings. The van der Waals surface area contributed by atoms with Crippen LogP contribution in [0.15, 0.2) is 29.3 Å². The highest BCUT2D eigenvalue weighted by atomic mass is 16.5. The molecule has 0 aliphatic rings. The Morgan fingerprint density at radius 2 is 1.74 bits per heavy atom. The first kappa shape index (κ1) is 36.5. The van der Waals surface area contributed by atoms with E-state index in [9.17, 15) is 9.90 Å². The molecule has 42 heavy (non-hydrogen) atoms. The molecular formula is C29H50N8O5. The van der Waals surface area contributed by atoms with Gasteiger partial charge in [-0.15, -0.1) is 0 Å². The Balaban J connectivity index is 0.00000431. The summed E-state index contributed by atoms with van der Waals surface area (Å²) in [5.74, 6) is 0.268. The number of nitrogens with one attached hydrogen (secondary N) is 1. The van der Waals surface area contributed by atoms with Gasteiger partial charge in [0.2, 0.25) is 0 Å². The molecule has 0 bridgehead atoms. The molecule has 0 radical (unpaired) electrons. The normalized spacial score (nSPS) is 12.0. The number of carbonyl (C=O) groups excluding carboxylic acids is 1.